The zero-order valence-electron chi connectivity index (χ0n) is 6.00. The molecule has 0 amide bonds. The summed E-state index contributed by atoms with van der Waals surface area (Å²) in [5.41, 5.74) is 0. The van der Waals surface area contributed by atoms with Crippen molar-refractivity contribution < 1.29 is 9.84 Å². The van der Waals surface area contributed by atoms with E-state index in [4.69, 9.17) is 9.84 Å². The molecule has 1 fully saturated rings. The smallest absolute Gasteiger partial charge is 0.0813 e. The highest BCUT2D eigenvalue weighted by Crippen LogP contribution is 2.24. The summed E-state index contributed by atoms with van der Waals surface area (Å²) in [4.78, 5) is 0. The van der Waals surface area contributed by atoms with Gasteiger partial charge in [-0.05, 0) is 19.3 Å². The number of aliphatic hydroxyl groups is 1. The van der Waals surface area contributed by atoms with E-state index in [1.807, 2.05) is 0 Å². The van der Waals surface area contributed by atoms with Crippen LogP contribution < -0.4 is 0 Å². The lowest BCUT2D eigenvalue weighted by Crippen LogP contribution is -2.12. The molecule has 2 unspecified atom stereocenters. The number of hydrogen-bond acceptors (Lipinski definition) is 2. The van der Waals surface area contributed by atoms with Crippen molar-refractivity contribution in [2.75, 3.05) is 6.61 Å². The molecular weight excluding hydrogens is 116 g/mol. The molecule has 1 rings (SSSR count). The number of aliphatic hydroxyl groups excluding tert-OH is 1. The third-order valence-corrected chi connectivity index (χ3v) is 2.05. The molecule has 0 aromatic rings. The molecule has 1 heterocycles. The van der Waals surface area contributed by atoms with Gasteiger partial charge in [0.1, 0.15) is 0 Å². The molecule has 0 aromatic carbocycles. The van der Waals surface area contributed by atoms with Crippen LogP contribution in [0.5, 0.6) is 0 Å². The van der Waals surface area contributed by atoms with Crippen molar-refractivity contribution in [1.82, 2.24) is 0 Å². The molecule has 0 aromatic heterocycles. The van der Waals surface area contributed by atoms with E-state index in [1.165, 1.54) is 0 Å². The topological polar surface area (TPSA) is 29.5 Å². The predicted molar refractivity (Wildman–Crippen MR) is 35.2 cm³/mol. The molecular formula is C7H14O2. The lowest BCUT2D eigenvalue weighted by atomic mass is 10.0. The van der Waals surface area contributed by atoms with Crippen molar-refractivity contribution in [1.29, 1.82) is 0 Å². The molecule has 0 bridgehead atoms. The Morgan fingerprint density at radius 1 is 1.56 bits per heavy atom. The van der Waals surface area contributed by atoms with Gasteiger partial charge in [-0.25, -0.2) is 0 Å². The molecule has 0 saturated carbocycles. The molecule has 0 spiro atoms. The minimum absolute atomic E-state index is 0.106. The molecule has 54 valence electrons. The molecule has 1 aliphatic heterocycles. The minimum atomic E-state index is 0.106. The van der Waals surface area contributed by atoms with Crippen LogP contribution in [0.25, 0.3) is 0 Å². The lowest BCUT2D eigenvalue weighted by molar-refractivity contribution is 0.0150. The lowest BCUT2D eigenvalue weighted by Gasteiger charge is -2.06. The van der Waals surface area contributed by atoms with Gasteiger partial charge in [0, 0.05) is 0 Å². The van der Waals surface area contributed by atoms with Crippen molar-refractivity contribution in [3.63, 3.8) is 0 Å². The Hall–Kier alpha value is -0.0800. The summed E-state index contributed by atoms with van der Waals surface area (Å²) in [5.74, 6) is 0.613. The van der Waals surface area contributed by atoms with Crippen molar-refractivity contribution in [2.24, 2.45) is 5.92 Å². The van der Waals surface area contributed by atoms with Crippen LogP contribution in [0, 0.1) is 5.92 Å². The Kier molecular flexibility index (Phi) is 2.09. The summed E-state index contributed by atoms with van der Waals surface area (Å²) in [5, 5.41) is 8.68. The normalized spacial score (nSPS) is 43.7. The Morgan fingerprint density at radius 2 is 2.22 bits per heavy atom. The van der Waals surface area contributed by atoms with E-state index in [0.717, 1.165) is 6.42 Å². The van der Waals surface area contributed by atoms with Crippen LogP contribution in [-0.4, -0.2) is 23.9 Å². The van der Waals surface area contributed by atoms with Crippen molar-refractivity contribution in [3.05, 3.63) is 0 Å². The molecule has 0 radical (unpaired) electrons. The summed E-state index contributed by atoms with van der Waals surface area (Å²) in [7, 11) is 0. The second kappa shape index (κ2) is 2.67. The zero-order valence-corrected chi connectivity index (χ0v) is 6.00. The second-order valence-electron chi connectivity index (χ2n) is 2.86. The highest BCUT2D eigenvalue weighted by molar-refractivity contribution is 4.75. The average molecular weight is 130 g/mol. The first kappa shape index (κ1) is 7.03. The van der Waals surface area contributed by atoms with Crippen LogP contribution in [0.4, 0.5) is 0 Å². The maximum atomic E-state index is 8.68. The SMILES string of the molecule is CC1C[C@@H](CO)OC1C. The van der Waals surface area contributed by atoms with Gasteiger partial charge in [0.15, 0.2) is 0 Å². The molecule has 1 saturated heterocycles. The van der Waals surface area contributed by atoms with Crippen LogP contribution in [0.2, 0.25) is 0 Å². The summed E-state index contributed by atoms with van der Waals surface area (Å²) in [6.07, 6.45) is 1.45. The first-order chi connectivity index (χ1) is 4.24. The summed E-state index contributed by atoms with van der Waals surface area (Å²) >= 11 is 0. The van der Waals surface area contributed by atoms with Gasteiger partial charge in [0.25, 0.3) is 0 Å². The van der Waals surface area contributed by atoms with E-state index in [1.54, 1.807) is 0 Å². The highest BCUT2D eigenvalue weighted by Gasteiger charge is 2.27. The van der Waals surface area contributed by atoms with Gasteiger partial charge in [0.05, 0.1) is 18.8 Å². The molecule has 1 N–H and O–H groups in total. The Labute approximate surface area is 55.8 Å². The van der Waals surface area contributed by atoms with Gasteiger partial charge < -0.3 is 9.84 Å². The molecule has 2 heteroatoms. The van der Waals surface area contributed by atoms with Gasteiger partial charge in [-0.15, -0.1) is 0 Å². The third kappa shape index (κ3) is 1.43. The maximum absolute atomic E-state index is 8.68. The first-order valence-electron chi connectivity index (χ1n) is 3.50. The number of hydrogen-bond donors (Lipinski definition) is 1. The minimum Gasteiger partial charge on any atom is -0.394 e. The van der Waals surface area contributed by atoms with E-state index in [9.17, 15) is 0 Å². The van der Waals surface area contributed by atoms with Crippen LogP contribution in [0.1, 0.15) is 20.3 Å². The third-order valence-electron chi connectivity index (χ3n) is 2.05. The van der Waals surface area contributed by atoms with Gasteiger partial charge in [0.2, 0.25) is 0 Å². The quantitative estimate of drug-likeness (QED) is 0.568. The summed E-state index contributed by atoms with van der Waals surface area (Å²) < 4.78 is 5.37. The summed E-state index contributed by atoms with van der Waals surface area (Å²) in [6.45, 7) is 4.38. The highest BCUT2D eigenvalue weighted by atomic mass is 16.5. The van der Waals surface area contributed by atoms with Crippen LogP contribution in [0.3, 0.4) is 0 Å². The van der Waals surface area contributed by atoms with E-state index in [2.05, 4.69) is 13.8 Å². The van der Waals surface area contributed by atoms with E-state index >= 15 is 0 Å². The maximum Gasteiger partial charge on any atom is 0.0813 e. The van der Waals surface area contributed by atoms with Crippen LogP contribution in [0.15, 0.2) is 0 Å². The zero-order chi connectivity index (χ0) is 6.85. The Balaban J connectivity index is 2.35. The number of ether oxygens (including phenoxy) is 1. The fourth-order valence-electron chi connectivity index (χ4n) is 1.22. The molecule has 9 heavy (non-hydrogen) atoms. The molecule has 1 aliphatic rings. The Morgan fingerprint density at radius 3 is 2.44 bits per heavy atom. The fraction of sp³-hybridized carbons (Fsp3) is 1.00. The van der Waals surface area contributed by atoms with E-state index in [-0.39, 0.29) is 12.7 Å². The van der Waals surface area contributed by atoms with Crippen molar-refractivity contribution >= 4 is 0 Å². The standard InChI is InChI=1S/C7H14O2/c1-5-3-7(4-8)9-6(5)2/h5-8H,3-4H2,1-2H3/t5?,6?,7-/m0/s1. The number of rotatable bonds is 1. The Bertz CT molecular complexity index is 82.9. The molecule has 0 aliphatic carbocycles. The summed E-state index contributed by atoms with van der Waals surface area (Å²) in [6, 6.07) is 0. The van der Waals surface area contributed by atoms with Crippen molar-refractivity contribution in [3.8, 4) is 0 Å². The van der Waals surface area contributed by atoms with E-state index < -0.39 is 0 Å². The second-order valence-corrected chi connectivity index (χ2v) is 2.86. The predicted octanol–water partition coefficient (Wildman–Crippen LogP) is 0.792. The van der Waals surface area contributed by atoms with Crippen LogP contribution in [-0.2, 0) is 4.74 Å². The average Bonchev–Trinajstić information content (AvgIpc) is 2.13. The van der Waals surface area contributed by atoms with E-state index in [0.29, 0.717) is 12.0 Å². The van der Waals surface area contributed by atoms with Crippen LogP contribution >= 0.6 is 0 Å². The van der Waals surface area contributed by atoms with Gasteiger partial charge in [-0.1, -0.05) is 6.92 Å². The van der Waals surface area contributed by atoms with Gasteiger partial charge in [-0.3, -0.25) is 0 Å². The monoisotopic (exact) mass is 130 g/mol. The van der Waals surface area contributed by atoms with Crippen molar-refractivity contribution in [2.45, 2.75) is 32.5 Å². The first-order valence-corrected chi connectivity index (χ1v) is 3.50. The molecule has 3 atom stereocenters. The largest absolute Gasteiger partial charge is 0.394 e. The van der Waals surface area contributed by atoms with Gasteiger partial charge in [-0.2, -0.15) is 0 Å². The van der Waals surface area contributed by atoms with Gasteiger partial charge >= 0.3 is 0 Å². The molecule has 2 nitrogen and oxygen atoms in total. The fourth-order valence-corrected chi connectivity index (χ4v) is 1.22.